The van der Waals surface area contributed by atoms with E-state index >= 15 is 0 Å². The maximum Gasteiger partial charge on any atom is 0.351 e. The molecule has 0 saturated carbocycles. The van der Waals surface area contributed by atoms with Crippen molar-refractivity contribution in [1.29, 1.82) is 0 Å². The number of rotatable bonds is 4. The third-order valence-electron chi connectivity index (χ3n) is 2.89. The molecule has 0 spiro atoms. The Labute approximate surface area is 115 Å². The summed E-state index contributed by atoms with van der Waals surface area (Å²) in [7, 11) is 0. The lowest BCUT2D eigenvalue weighted by Gasteiger charge is -2.14. The van der Waals surface area contributed by atoms with Crippen molar-refractivity contribution in [3.63, 3.8) is 0 Å². The van der Waals surface area contributed by atoms with Gasteiger partial charge >= 0.3 is 5.69 Å². The highest BCUT2D eigenvalue weighted by Gasteiger charge is 2.38. The molecule has 3 atom stereocenters. The lowest BCUT2D eigenvalue weighted by Crippen LogP contribution is -2.28. The number of nitrogens with two attached hydrogens (primary N) is 1. The van der Waals surface area contributed by atoms with E-state index in [2.05, 4.69) is 10.1 Å². The fourth-order valence-electron chi connectivity index (χ4n) is 1.96. The predicted octanol–water partition coefficient (Wildman–Crippen LogP) is -0.114. The van der Waals surface area contributed by atoms with E-state index in [0.29, 0.717) is 6.42 Å². The third-order valence-corrected chi connectivity index (χ3v) is 2.89. The first kappa shape index (κ1) is 14.5. The van der Waals surface area contributed by atoms with Crippen LogP contribution in [0.3, 0.4) is 0 Å². The van der Waals surface area contributed by atoms with Crippen LogP contribution < -0.4 is 11.4 Å². The summed E-state index contributed by atoms with van der Waals surface area (Å²) in [6.45, 7) is 3.39. The molecule has 20 heavy (non-hydrogen) atoms. The molecule has 2 heterocycles. The summed E-state index contributed by atoms with van der Waals surface area (Å²) in [6.07, 6.45) is 0.413. The Morgan fingerprint density at radius 2 is 2.45 bits per heavy atom. The van der Waals surface area contributed by atoms with Crippen LogP contribution in [-0.4, -0.2) is 39.2 Å². The monoisotopic (exact) mass is 282 g/mol. The Morgan fingerprint density at radius 3 is 3.05 bits per heavy atom. The van der Waals surface area contributed by atoms with E-state index in [-0.39, 0.29) is 12.4 Å². The van der Waals surface area contributed by atoms with Crippen molar-refractivity contribution in [2.45, 2.75) is 38.7 Å². The number of hydrogen-bond donors (Lipinski definition) is 2. The summed E-state index contributed by atoms with van der Waals surface area (Å²) in [5, 5.41) is 13.2. The number of aliphatic hydroxyl groups is 1. The Hall–Kier alpha value is -1.93. The summed E-state index contributed by atoms with van der Waals surface area (Å²) in [5.41, 5.74) is 5.70. The van der Waals surface area contributed by atoms with E-state index in [9.17, 15) is 9.90 Å². The molecule has 8 nitrogen and oxygen atoms in total. The Balaban J connectivity index is 2.15. The van der Waals surface area contributed by atoms with Crippen LogP contribution in [0.2, 0.25) is 0 Å². The van der Waals surface area contributed by atoms with Crippen LogP contribution in [0, 0.1) is 0 Å². The largest absolute Gasteiger partial charge is 0.394 e. The van der Waals surface area contributed by atoms with E-state index in [1.807, 2.05) is 0 Å². The highest BCUT2D eigenvalue weighted by molar-refractivity contribution is 5.78. The summed E-state index contributed by atoms with van der Waals surface area (Å²) >= 11 is 0. The molecular formula is C12H18N4O4. The van der Waals surface area contributed by atoms with E-state index in [1.165, 1.54) is 16.8 Å². The second-order valence-electron chi connectivity index (χ2n) is 4.77. The molecule has 2 rings (SSSR count). The van der Waals surface area contributed by atoms with E-state index in [0.717, 1.165) is 5.71 Å². The average Bonchev–Trinajstić information content (AvgIpc) is 2.79. The number of aliphatic hydroxyl groups excluding tert-OH is 1. The average molecular weight is 282 g/mol. The molecule has 0 amide bonds. The van der Waals surface area contributed by atoms with Gasteiger partial charge in [0.15, 0.2) is 6.10 Å². The number of aromatic nitrogens is 2. The molecule has 0 bridgehead atoms. The van der Waals surface area contributed by atoms with Crippen LogP contribution in [0.25, 0.3) is 0 Å². The van der Waals surface area contributed by atoms with Crippen LogP contribution in [0.15, 0.2) is 22.2 Å². The van der Waals surface area contributed by atoms with Gasteiger partial charge in [-0.2, -0.15) is 4.98 Å². The fraction of sp³-hybridized carbons (Fsp3) is 0.583. The van der Waals surface area contributed by atoms with Crippen LogP contribution >= 0.6 is 0 Å². The molecule has 0 aromatic carbocycles. The molecule has 0 radical (unpaired) electrons. The zero-order valence-corrected chi connectivity index (χ0v) is 11.4. The van der Waals surface area contributed by atoms with Crippen molar-refractivity contribution < 1.29 is 14.7 Å². The Kier molecular flexibility index (Phi) is 4.35. The van der Waals surface area contributed by atoms with Gasteiger partial charge < -0.3 is 20.4 Å². The maximum atomic E-state index is 11.8. The van der Waals surface area contributed by atoms with E-state index in [1.54, 1.807) is 13.8 Å². The highest BCUT2D eigenvalue weighted by Crippen LogP contribution is 2.29. The first-order valence-electron chi connectivity index (χ1n) is 6.29. The summed E-state index contributed by atoms with van der Waals surface area (Å²) in [6, 6.07) is 1.52. The lowest BCUT2D eigenvalue weighted by atomic mass is 10.2. The summed E-state index contributed by atoms with van der Waals surface area (Å²) in [5.74, 6) is 0.155. The zero-order valence-electron chi connectivity index (χ0n) is 11.4. The van der Waals surface area contributed by atoms with Gasteiger partial charge in [-0.3, -0.25) is 4.57 Å². The van der Waals surface area contributed by atoms with E-state index < -0.39 is 24.1 Å². The quantitative estimate of drug-likeness (QED) is 0.588. The Bertz CT molecular complexity index is 553. The van der Waals surface area contributed by atoms with Gasteiger partial charge in [0.05, 0.1) is 12.3 Å². The molecule has 110 valence electrons. The van der Waals surface area contributed by atoms with Gasteiger partial charge in [-0.15, -0.1) is 0 Å². The summed E-state index contributed by atoms with van der Waals surface area (Å²) in [4.78, 5) is 20.7. The number of anilines is 1. The van der Waals surface area contributed by atoms with Gasteiger partial charge in [-0.05, 0) is 19.9 Å². The van der Waals surface area contributed by atoms with Crippen LogP contribution in [0.5, 0.6) is 0 Å². The van der Waals surface area contributed by atoms with Gasteiger partial charge in [0.25, 0.3) is 0 Å². The van der Waals surface area contributed by atoms with Crippen molar-refractivity contribution in [2.24, 2.45) is 5.16 Å². The third kappa shape index (κ3) is 3.14. The lowest BCUT2D eigenvalue weighted by molar-refractivity contribution is -0.0615. The topological polar surface area (TPSA) is 112 Å². The van der Waals surface area contributed by atoms with Crippen molar-refractivity contribution in [2.75, 3.05) is 12.3 Å². The molecule has 3 N–H and O–H groups in total. The minimum absolute atomic E-state index is 0.155. The maximum absolute atomic E-state index is 11.8. The second-order valence-corrected chi connectivity index (χ2v) is 4.77. The number of nitrogens with zero attached hydrogens (tertiary/aromatic N) is 3. The number of nitrogen functional groups attached to an aromatic ring is 1. The van der Waals surface area contributed by atoms with Gasteiger partial charge in [0.2, 0.25) is 0 Å². The standard InChI is InChI=1S/C12H18N4O4/c1-7(2)15-20-8-5-11(19-9(8)6-17)16-4-3-10(13)14-12(16)18/h3-4,8-9,11,17H,5-6H2,1-2H3,(H2,13,14,18)/t8?,9-,11-/m1/s1. The molecule has 1 saturated heterocycles. The molecule has 1 aromatic heterocycles. The first-order chi connectivity index (χ1) is 9.51. The van der Waals surface area contributed by atoms with Crippen LogP contribution in [0.4, 0.5) is 5.82 Å². The second kappa shape index (κ2) is 6.02. The molecule has 1 unspecified atom stereocenters. The molecule has 1 aromatic rings. The molecule has 1 fully saturated rings. The SMILES string of the molecule is CC(C)=NOC1C[C@H](n2ccc(N)nc2=O)O[C@@H]1CO. The Morgan fingerprint density at radius 1 is 1.70 bits per heavy atom. The number of ether oxygens (including phenoxy) is 1. The number of oxime groups is 1. The molecule has 8 heteroatoms. The van der Waals surface area contributed by atoms with Crippen molar-refractivity contribution in [1.82, 2.24) is 9.55 Å². The van der Waals surface area contributed by atoms with Crippen molar-refractivity contribution in [3.05, 3.63) is 22.7 Å². The van der Waals surface area contributed by atoms with Crippen LogP contribution in [0.1, 0.15) is 26.5 Å². The van der Waals surface area contributed by atoms with Crippen molar-refractivity contribution in [3.8, 4) is 0 Å². The molecular weight excluding hydrogens is 264 g/mol. The van der Waals surface area contributed by atoms with Gasteiger partial charge in [-0.1, -0.05) is 5.16 Å². The predicted molar refractivity (Wildman–Crippen MR) is 72.2 cm³/mol. The smallest absolute Gasteiger partial charge is 0.351 e. The minimum atomic E-state index is -0.551. The normalized spacial score (nSPS) is 25.4. The minimum Gasteiger partial charge on any atom is -0.394 e. The zero-order chi connectivity index (χ0) is 14.7. The molecule has 0 aliphatic carbocycles. The van der Waals surface area contributed by atoms with Crippen molar-refractivity contribution >= 4 is 11.5 Å². The highest BCUT2D eigenvalue weighted by atomic mass is 16.7. The molecule has 1 aliphatic heterocycles. The fourth-order valence-corrected chi connectivity index (χ4v) is 1.96. The van der Waals surface area contributed by atoms with Gasteiger partial charge in [0, 0.05) is 12.6 Å². The van der Waals surface area contributed by atoms with Crippen LogP contribution in [-0.2, 0) is 9.57 Å². The number of hydrogen-bond acceptors (Lipinski definition) is 7. The van der Waals surface area contributed by atoms with Gasteiger partial charge in [0.1, 0.15) is 18.1 Å². The summed E-state index contributed by atoms with van der Waals surface area (Å²) < 4.78 is 6.92. The molecule has 1 aliphatic rings. The first-order valence-corrected chi connectivity index (χ1v) is 6.29. The van der Waals surface area contributed by atoms with Gasteiger partial charge in [-0.25, -0.2) is 4.79 Å². The van der Waals surface area contributed by atoms with E-state index in [4.69, 9.17) is 15.3 Å².